The molecule has 1 atom stereocenters. The number of fused-ring (bicyclic) bond motifs is 1. The number of rotatable bonds is 4. The van der Waals surface area contributed by atoms with Gasteiger partial charge in [-0.1, -0.05) is 29.3 Å². The van der Waals surface area contributed by atoms with Crippen LogP contribution in [0.25, 0.3) is 0 Å². The number of amides is 2. The van der Waals surface area contributed by atoms with Crippen molar-refractivity contribution >= 4 is 35.0 Å². The molecule has 2 amide bonds. The van der Waals surface area contributed by atoms with Gasteiger partial charge in [-0.3, -0.25) is 9.59 Å². The van der Waals surface area contributed by atoms with E-state index in [4.69, 9.17) is 27.9 Å². The van der Waals surface area contributed by atoms with Gasteiger partial charge in [0.15, 0.2) is 0 Å². The number of hydrogen-bond acceptors (Lipinski definition) is 4. The Hall–Kier alpha value is -2.28. The highest BCUT2D eigenvalue weighted by atomic mass is 35.5. The summed E-state index contributed by atoms with van der Waals surface area (Å²) in [4.78, 5) is 29.2. The Morgan fingerprint density at radius 1 is 1.19 bits per heavy atom. The number of carbonyl (C=O) groups excluding carboxylic acids is 2. The van der Waals surface area contributed by atoms with Crippen molar-refractivity contribution in [2.75, 3.05) is 40.4 Å². The molecule has 1 N–H and O–H groups in total. The minimum atomic E-state index is -0.100. The summed E-state index contributed by atoms with van der Waals surface area (Å²) in [5.74, 6) is -0.151. The predicted molar refractivity (Wildman–Crippen MR) is 126 cm³/mol. The second kappa shape index (κ2) is 9.30. The van der Waals surface area contributed by atoms with Crippen molar-refractivity contribution in [3.05, 3.63) is 67.9 Å². The molecule has 1 aromatic rings. The first-order valence-electron chi connectivity index (χ1n) is 10.7. The highest BCUT2D eigenvalue weighted by molar-refractivity contribution is 6.38. The van der Waals surface area contributed by atoms with Crippen molar-refractivity contribution < 1.29 is 14.3 Å². The Kier molecular flexibility index (Phi) is 6.65. The molecule has 170 valence electrons. The molecule has 1 unspecified atom stereocenters. The summed E-state index contributed by atoms with van der Waals surface area (Å²) in [6, 6.07) is 3.54. The molecule has 6 nitrogen and oxygen atoms in total. The molecule has 0 aromatic heterocycles. The number of morpholine rings is 1. The van der Waals surface area contributed by atoms with Gasteiger partial charge >= 0.3 is 0 Å². The van der Waals surface area contributed by atoms with E-state index >= 15 is 0 Å². The molecule has 0 bridgehead atoms. The fourth-order valence-corrected chi connectivity index (χ4v) is 5.14. The number of nitrogens with one attached hydrogen (secondary N) is 1. The first kappa shape index (κ1) is 22.9. The fourth-order valence-electron chi connectivity index (χ4n) is 4.56. The Bertz CT molecular complexity index is 1050. The third-order valence-corrected chi connectivity index (χ3v) is 7.24. The highest BCUT2D eigenvalue weighted by Crippen LogP contribution is 2.39. The molecular formula is C24H27Cl2N3O3. The van der Waals surface area contributed by atoms with Crippen LogP contribution in [0.15, 0.2) is 46.7 Å². The van der Waals surface area contributed by atoms with E-state index in [2.05, 4.69) is 16.3 Å². The van der Waals surface area contributed by atoms with Gasteiger partial charge in [-0.05, 0) is 41.8 Å². The number of carbonyl (C=O) groups is 2. The summed E-state index contributed by atoms with van der Waals surface area (Å²) >= 11 is 13.3. The summed E-state index contributed by atoms with van der Waals surface area (Å²) in [6.45, 7) is 4.19. The van der Waals surface area contributed by atoms with E-state index in [9.17, 15) is 9.59 Å². The van der Waals surface area contributed by atoms with E-state index in [1.165, 1.54) is 5.57 Å². The summed E-state index contributed by atoms with van der Waals surface area (Å²) in [5, 5.41) is 3.65. The first-order chi connectivity index (χ1) is 15.3. The van der Waals surface area contributed by atoms with Gasteiger partial charge in [-0.2, -0.15) is 0 Å². The monoisotopic (exact) mass is 475 g/mol. The van der Waals surface area contributed by atoms with E-state index in [1.807, 2.05) is 20.0 Å². The van der Waals surface area contributed by atoms with Crippen LogP contribution in [-0.2, 0) is 16.0 Å². The van der Waals surface area contributed by atoms with Crippen molar-refractivity contribution in [3.63, 3.8) is 0 Å². The molecule has 0 saturated carbocycles. The van der Waals surface area contributed by atoms with Crippen LogP contribution in [0, 0.1) is 0 Å². The van der Waals surface area contributed by atoms with Gasteiger partial charge in [-0.25, -0.2) is 0 Å². The van der Waals surface area contributed by atoms with Gasteiger partial charge < -0.3 is 19.9 Å². The number of halogens is 2. The van der Waals surface area contributed by atoms with Crippen LogP contribution in [0.3, 0.4) is 0 Å². The highest BCUT2D eigenvalue weighted by Gasteiger charge is 2.34. The zero-order chi connectivity index (χ0) is 23.0. The van der Waals surface area contributed by atoms with Crippen molar-refractivity contribution in [2.24, 2.45) is 0 Å². The van der Waals surface area contributed by atoms with Crippen molar-refractivity contribution in [1.82, 2.24) is 15.1 Å². The molecule has 0 spiro atoms. The minimum absolute atomic E-state index is 0.0503. The van der Waals surface area contributed by atoms with Crippen LogP contribution in [0.4, 0.5) is 0 Å². The third-order valence-electron chi connectivity index (χ3n) is 6.45. The van der Waals surface area contributed by atoms with Gasteiger partial charge in [-0.15, -0.1) is 0 Å². The van der Waals surface area contributed by atoms with E-state index in [-0.39, 0.29) is 17.9 Å². The van der Waals surface area contributed by atoms with E-state index < -0.39 is 0 Å². The van der Waals surface area contributed by atoms with Crippen molar-refractivity contribution in [3.8, 4) is 0 Å². The lowest BCUT2D eigenvalue weighted by molar-refractivity contribution is -0.117. The average Bonchev–Trinajstić information content (AvgIpc) is 3.12. The molecule has 2 aliphatic heterocycles. The van der Waals surface area contributed by atoms with Crippen LogP contribution in [0.5, 0.6) is 0 Å². The zero-order valence-corrected chi connectivity index (χ0v) is 20.0. The van der Waals surface area contributed by atoms with Gasteiger partial charge in [0.1, 0.15) is 0 Å². The van der Waals surface area contributed by atoms with Crippen LogP contribution < -0.4 is 5.32 Å². The lowest BCUT2D eigenvalue weighted by Crippen LogP contribution is -2.40. The zero-order valence-electron chi connectivity index (χ0n) is 18.5. The number of likely N-dealkylation sites (N-methyl/N-ethyl adjacent to an activating group) is 2. The first-order valence-corrected chi connectivity index (χ1v) is 11.5. The Morgan fingerprint density at radius 3 is 2.59 bits per heavy atom. The third kappa shape index (κ3) is 4.19. The molecule has 0 radical (unpaired) electrons. The van der Waals surface area contributed by atoms with Crippen LogP contribution >= 0.6 is 23.2 Å². The van der Waals surface area contributed by atoms with Crippen LogP contribution in [-0.4, -0.2) is 68.1 Å². The van der Waals surface area contributed by atoms with Gasteiger partial charge in [0.2, 0.25) is 5.91 Å². The molecule has 1 fully saturated rings. The maximum atomic E-state index is 13.0. The molecule has 1 aromatic carbocycles. The van der Waals surface area contributed by atoms with Crippen molar-refractivity contribution in [2.45, 2.75) is 25.8 Å². The van der Waals surface area contributed by atoms with Crippen LogP contribution in [0.1, 0.15) is 29.3 Å². The average molecular weight is 476 g/mol. The summed E-state index contributed by atoms with van der Waals surface area (Å²) in [6.07, 6.45) is 5.25. The van der Waals surface area contributed by atoms with Gasteiger partial charge in [0, 0.05) is 56.3 Å². The largest absolute Gasteiger partial charge is 0.378 e. The molecule has 3 aliphatic rings. The number of ether oxygens (including phenoxy) is 1. The van der Waals surface area contributed by atoms with Gasteiger partial charge in [0.05, 0.1) is 29.8 Å². The minimum Gasteiger partial charge on any atom is -0.378 e. The van der Waals surface area contributed by atoms with Gasteiger partial charge in [0.25, 0.3) is 5.91 Å². The van der Waals surface area contributed by atoms with E-state index in [1.54, 1.807) is 24.1 Å². The summed E-state index contributed by atoms with van der Waals surface area (Å²) in [5.41, 5.74) is 5.30. The molecular weight excluding hydrogens is 449 g/mol. The maximum absolute atomic E-state index is 13.0. The maximum Gasteiger partial charge on any atom is 0.255 e. The predicted octanol–water partition coefficient (Wildman–Crippen LogP) is 3.60. The van der Waals surface area contributed by atoms with E-state index in [0.29, 0.717) is 54.8 Å². The lowest BCUT2D eigenvalue weighted by Gasteiger charge is -2.30. The second-order valence-corrected chi connectivity index (χ2v) is 9.11. The number of nitrogens with zero attached hydrogens (tertiary/aromatic N) is 2. The number of allylic oxidation sites excluding steroid dienone is 3. The molecule has 32 heavy (non-hydrogen) atoms. The Balaban J connectivity index is 1.62. The summed E-state index contributed by atoms with van der Waals surface area (Å²) in [7, 11) is 3.67. The van der Waals surface area contributed by atoms with E-state index in [0.717, 1.165) is 22.4 Å². The molecule has 2 heterocycles. The Labute approximate surface area is 198 Å². The molecule has 8 heteroatoms. The normalized spacial score (nSPS) is 20.7. The SMILES string of the molecule is CNC(=O)C1=CC(C)=C2C=C(Cc3c(Cl)ccc(C(=O)N4CCOCC4)c3Cl)N(C)C2C1. The lowest BCUT2D eigenvalue weighted by atomic mass is 9.89. The Morgan fingerprint density at radius 2 is 1.91 bits per heavy atom. The number of hydrogen-bond donors (Lipinski definition) is 1. The van der Waals surface area contributed by atoms with Crippen LogP contribution in [0.2, 0.25) is 10.0 Å². The number of benzene rings is 1. The smallest absolute Gasteiger partial charge is 0.255 e. The molecule has 4 rings (SSSR count). The quantitative estimate of drug-likeness (QED) is 0.722. The standard InChI is InChI=1S/C24H27Cl2N3O3/c1-14-10-15(23(30)27-2)11-21-18(14)12-16(28(21)3)13-19-20(25)5-4-17(22(19)26)24(31)29-6-8-32-9-7-29/h4-5,10,12,21H,6-9,11,13H2,1-3H3,(H,27,30). The summed E-state index contributed by atoms with van der Waals surface area (Å²) < 4.78 is 5.35. The molecule has 1 saturated heterocycles. The fraction of sp³-hybridized carbons (Fsp3) is 0.417. The topological polar surface area (TPSA) is 61.9 Å². The van der Waals surface area contributed by atoms with Crippen molar-refractivity contribution in [1.29, 1.82) is 0 Å². The second-order valence-electron chi connectivity index (χ2n) is 8.32. The molecule has 1 aliphatic carbocycles.